The topological polar surface area (TPSA) is 24.4 Å². The number of benzene rings is 1. The van der Waals surface area contributed by atoms with Gasteiger partial charge in [-0.15, -0.1) is 0 Å². The molecule has 0 aliphatic rings. The minimum atomic E-state index is 0.794. The van der Waals surface area contributed by atoms with E-state index < -0.39 is 0 Å². The average Bonchev–Trinajstić information content (AvgIpc) is 2.06. The second-order valence-corrected chi connectivity index (χ2v) is 3.08. The monoisotopic (exact) mass is 227 g/mol. The third kappa shape index (κ3) is 3.07. The van der Waals surface area contributed by atoms with Gasteiger partial charge in [-0.2, -0.15) is 0 Å². The molecule has 0 aliphatic carbocycles. The summed E-state index contributed by atoms with van der Waals surface area (Å²) >= 11 is 2.87. The van der Waals surface area contributed by atoms with Gasteiger partial charge in [0.2, 0.25) is 0 Å². The van der Waals surface area contributed by atoms with Crippen molar-refractivity contribution in [2.75, 3.05) is 11.9 Å². The van der Waals surface area contributed by atoms with Gasteiger partial charge >= 0.3 is 80.5 Å². The Bertz CT molecular complexity index is 256. The van der Waals surface area contributed by atoms with Crippen LogP contribution in [0.4, 0.5) is 5.69 Å². The molecule has 3 heteroatoms. The predicted octanol–water partition coefficient (Wildman–Crippen LogP) is 1.64. The summed E-state index contributed by atoms with van der Waals surface area (Å²) in [4.78, 5) is 4.17. The fourth-order valence-electron chi connectivity index (χ4n) is 0.828. The Balaban J connectivity index is 2.58. The summed E-state index contributed by atoms with van der Waals surface area (Å²) in [5.74, 6) is 0. The molecule has 1 radical (unpaired) electrons. The van der Waals surface area contributed by atoms with Gasteiger partial charge in [0.25, 0.3) is 0 Å². The summed E-state index contributed by atoms with van der Waals surface area (Å²) in [7, 11) is 0. The number of hydrogen-bond donors (Lipinski definition) is 1. The Morgan fingerprint density at radius 3 is 2.67 bits per heavy atom. The van der Waals surface area contributed by atoms with Crippen molar-refractivity contribution >= 4 is 26.4 Å². The number of anilines is 1. The van der Waals surface area contributed by atoms with E-state index in [0.29, 0.717) is 0 Å². The van der Waals surface area contributed by atoms with Gasteiger partial charge in [0.1, 0.15) is 0 Å². The van der Waals surface area contributed by atoms with Crippen LogP contribution in [-0.2, 0) is 0 Å². The van der Waals surface area contributed by atoms with E-state index in [1.165, 1.54) is 0 Å². The van der Waals surface area contributed by atoms with Crippen LogP contribution in [0.5, 0.6) is 0 Å². The third-order valence-corrected chi connectivity index (χ3v) is 1.81. The van der Waals surface area contributed by atoms with Crippen LogP contribution in [0.3, 0.4) is 0 Å². The van der Waals surface area contributed by atoms with Crippen molar-refractivity contribution in [3.05, 3.63) is 30.3 Å². The molecule has 0 unspecified atom stereocenters. The first kappa shape index (κ1) is 9.30. The van der Waals surface area contributed by atoms with E-state index in [4.69, 9.17) is 0 Å². The van der Waals surface area contributed by atoms with Crippen LogP contribution >= 0.6 is 0 Å². The molecule has 0 aromatic heterocycles. The van der Waals surface area contributed by atoms with Crippen molar-refractivity contribution in [3.63, 3.8) is 0 Å². The van der Waals surface area contributed by atoms with Crippen LogP contribution in [0.25, 0.3) is 0 Å². The normalized spacial score (nSPS) is 11.2. The summed E-state index contributed by atoms with van der Waals surface area (Å²) in [5, 5.41) is 3.14. The van der Waals surface area contributed by atoms with Gasteiger partial charge in [-0.1, -0.05) is 0 Å². The molecular weight excluding hydrogens is 215 g/mol. The van der Waals surface area contributed by atoms with Crippen LogP contribution in [0.1, 0.15) is 6.92 Å². The maximum atomic E-state index is 4.17. The van der Waals surface area contributed by atoms with Crippen molar-refractivity contribution in [1.82, 2.24) is 0 Å². The molecule has 0 aliphatic heterocycles. The van der Waals surface area contributed by atoms with Crippen molar-refractivity contribution in [2.24, 2.45) is 4.99 Å². The molecule has 1 aromatic carbocycles. The number of nitrogens with one attached hydrogen (secondary N) is 1. The number of amidine groups is 1. The Kier molecular flexibility index (Phi) is 3.85. The quantitative estimate of drug-likeness (QED) is 0.462. The first-order valence-electron chi connectivity index (χ1n) is 3.86. The minimum absolute atomic E-state index is 0.794. The van der Waals surface area contributed by atoms with Gasteiger partial charge in [-0.05, 0) is 0 Å². The van der Waals surface area contributed by atoms with Crippen molar-refractivity contribution < 1.29 is 0 Å². The molecule has 1 rings (SSSR count). The third-order valence-electron chi connectivity index (χ3n) is 1.33. The Labute approximate surface area is 80.9 Å². The molecule has 2 nitrogen and oxygen atoms in total. The van der Waals surface area contributed by atoms with Gasteiger partial charge in [0, 0.05) is 0 Å². The van der Waals surface area contributed by atoms with E-state index in [-0.39, 0.29) is 0 Å². The summed E-state index contributed by atoms with van der Waals surface area (Å²) in [6.07, 6.45) is 0. The van der Waals surface area contributed by atoms with Crippen molar-refractivity contribution in [2.45, 2.75) is 6.92 Å². The summed E-state index contributed by atoms with van der Waals surface area (Å²) in [6.45, 7) is 2.80. The van der Waals surface area contributed by atoms with E-state index in [1.807, 2.05) is 37.3 Å². The zero-order chi connectivity index (χ0) is 8.81. The maximum absolute atomic E-state index is 4.17. The summed E-state index contributed by atoms with van der Waals surface area (Å²) in [6, 6.07) is 9.97. The average molecular weight is 226 g/mol. The van der Waals surface area contributed by atoms with E-state index in [9.17, 15) is 0 Å². The fraction of sp³-hybridized carbons (Fsp3) is 0.222. The molecule has 1 N–H and O–H groups in total. The summed E-state index contributed by atoms with van der Waals surface area (Å²) in [5.41, 5.74) is 1.06. The van der Waals surface area contributed by atoms with Crippen LogP contribution in [0.15, 0.2) is 35.3 Å². The van der Waals surface area contributed by atoms with Crippen LogP contribution in [0.2, 0.25) is 0 Å². The van der Waals surface area contributed by atoms with Crippen LogP contribution < -0.4 is 5.32 Å². The molecule has 0 spiro atoms. The first-order valence-corrected chi connectivity index (χ1v) is 4.72. The Hall–Kier alpha value is -0.791. The van der Waals surface area contributed by atoms with Crippen LogP contribution in [0, 0.1) is 0 Å². The standard InChI is InChI=1S/C9H11N2Se/c1-2-10-9(12)11-8-6-4-3-5-7-8/h3-7H,2H2,1H3,(H,10,11). The second-order valence-electron chi connectivity index (χ2n) is 2.27. The number of para-hydroxylation sites is 1. The molecule has 0 fully saturated rings. The van der Waals surface area contributed by atoms with Crippen molar-refractivity contribution in [1.29, 1.82) is 0 Å². The fourth-order valence-corrected chi connectivity index (χ4v) is 1.35. The van der Waals surface area contributed by atoms with E-state index in [0.717, 1.165) is 17.0 Å². The van der Waals surface area contributed by atoms with Gasteiger partial charge in [-0.3, -0.25) is 0 Å². The number of aliphatic imine (C=N–C) groups is 1. The number of hydrogen-bond acceptors (Lipinski definition) is 1. The molecule has 12 heavy (non-hydrogen) atoms. The van der Waals surface area contributed by atoms with Crippen LogP contribution in [-0.4, -0.2) is 27.3 Å². The van der Waals surface area contributed by atoms with Gasteiger partial charge < -0.3 is 0 Å². The van der Waals surface area contributed by atoms with E-state index in [2.05, 4.69) is 26.3 Å². The molecule has 63 valence electrons. The predicted molar refractivity (Wildman–Crippen MR) is 53.8 cm³/mol. The van der Waals surface area contributed by atoms with Gasteiger partial charge in [-0.25, -0.2) is 0 Å². The molecule has 0 amide bonds. The Morgan fingerprint density at radius 2 is 2.08 bits per heavy atom. The van der Waals surface area contributed by atoms with Gasteiger partial charge in [0.05, 0.1) is 0 Å². The molecule has 0 saturated carbocycles. The van der Waals surface area contributed by atoms with Crippen molar-refractivity contribution in [3.8, 4) is 0 Å². The number of nitrogens with zero attached hydrogens (tertiary/aromatic N) is 1. The molecule has 0 heterocycles. The molecule has 0 atom stereocenters. The Morgan fingerprint density at radius 1 is 1.42 bits per heavy atom. The SMILES string of the molecule is CCN=C([Se])Nc1ccccc1. The zero-order valence-electron chi connectivity index (χ0n) is 6.95. The number of rotatable bonds is 2. The second kappa shape index (κ2) is 4.96. The van der Waals surface area contributed by atoms with E-state index in [1.54, 1.807) is 0 Å². The molecule has 1 aromatic rings. The zero-order valence-corrected chi connectivity index (χ0v) is 8.66. The summed E-state index contributed by atoms with van der Waals surface area (Å²) < 4.78 is 0.837. The molecular formula is C9H11N2Se. The molecule has 0 bridgehead atoms. The van der Waals surface area contributed by atoms with Gasteiger partial charge in [0.15, 0.2) is 0 Å². The first-order chi connectivity index (χ1) is 5.83. The molecule has 0 saturated heterocycles. The van der Waals surface area contributed by atoms with E-state index >= 15 is 0 Å².